The first-order valence-corrected chi connectivity index (χ1v) is 6.11. The Morgan fingerprint density at radius 1 is 1.53 bits per heavy atom. The van der Waals surface area contributed by atoms with Gasteiger partial charge >= 0.3 is 5.97 Å². The lowest BCUT2D eigenvalue weighted by Gasteiger charge is -2.28. The Balaban J connectivity index is 2.70. The number of carbonyl (C=O) groups excluding carboxylic acids is 1. The highest BCUT2D eigenvalue weighted by atomic mass is 16.5. The SMILES string of the molecule is C=C(C)C1CC=C(C)C(OC(=O)/C(C)=C\C)C1. The molecule has 0 fully saturated rings. The second-order valence-corrected chi connectivity index (χ2v) is 4.83. The van der Waals surface area contributed by atoms with Gasteiger partial charge in [-0.3, -0.25) is 0 Å². The van der Waals surface area contributed by atoms with Crippen LogP contribution in [0.5, 0.6) is 0 Å². The molecule has 0 saturated heterocycles. The molecule has 1 aliphatic rings. The lowest BCUT2D eigenvalue weighted by molar-refractivity contribution is -0.143. The largest absolute Gasteiger partial charge is 0.454 e. The molecule has 0 aliphatic heterocycles. The molecule has 1 rings (SSSR count). The Kier molecular flexibility index (Phi) is 4.73. The molecule has 0 bridgehead atoms. The van der Waals surface area contributed by atoms with Gasteiger partial charge in [-0.05, 0) is 52.0 Å². The van der Waals surface area contributed by atoms with Crippen LogP contribution < -0.4 is 0 Å². The van der Waals surface area contributed by atoms with E-state index in [-0.39, 0.29) is 12.1 Å². The maximum absolute atomic E-state index is 11.7. The summed E-state index contributed by atoms with van der Waals surface area (Å²) < 4.78 is 5.52. The van der Waals surface area contributed by atoms with Crippen molar-refractivity contribution in [1.82, 2.24) is 0 Å². The van der Waals surface area contributed by atoms with Gasteiger partial charge in [0.15, 0.2) is 0 Å². The Hall–Kier alpha value is -1.31. The van der Waals surface area contributed by atoms with Gasteiger partial charge in [0.1, 0.15) is 6.10 Å². The van der Waals surface area contributed by atoms with Crippen LogP contribution in [0.1, 0.15) is 40.5 Å². The van der Waals surface area contributed by atoms with Gasteiger partial charge in [-0.1, -0.05) is 24.3 Å². The number of hydrogen-bond acceptors (Lipinski definition) is 2. The van der Waals surface area contributed by atoms with Crippen molar-refractivity contribution < 1.29 is 9.53 Å². The fourth-order valence-corrected chi connectivity index (χ4v) is 1.88. The quantitative estimate of drug-likeness (QED) is 0.422. The van der Waals surface area contributed by atoms with Crippen molar-refractivity contribution in [2.45, 2.75) is 46.6 Å². The summed E-state index contributed by atoms with van der Waals surface area (Å²) in [5, 5.41) is 0. The van der Waals surface area contributed by atoms with E-state index in [0.29, 0.717) is 11.5 Å². The summed E-state index contributed by atoms with van der Waals surface area (Å²) in [6.45, 7) is 11.7. The second-order valence-electron chi connectivity index (χ2n) is 4.83. The van der Waals surface area contributed by atoms with E-state index in [2.05, 4.69) is 12.7 Å². The Morgan fingerprint density at radius 3 is 2.71 bits per heavy atom. The van der Waals surface area contributed by atoms with Gasteiger partial charge in [0.05, 0.1) is 0 Å². The van der Waals surface area contributed by atoms with E-state index in [1.54, 1.807) is 13.0 Å². The number of hydrogen-bond donors (Lipinski definition) is 0. The highest BCUT2D eigenvalue weighted by Gasteiger charge is 2.25. The highest BCUT2D eigenvalue weighted by molar-refractivity contribution is 5.87. The molecule has 0 saturated carbocycles. The standard InChI is InChI=1S/C15H22O2/c1-6-11(4)15(16)17-14-9-13(10(2)3)8-7-12(14)5/h6-7,13-14H,2,8-9H2,1,3-5H3/b11-6-. The number of esters is 1. The molecule has 94 valence electrons. The molecule has 0 aromatic heterocycles. The van der Waals surface area contributed by atoms with E-state index in [1.165, 1.54) is 0 Å². The van der Waals surface area contributed by atoms with Gasteiger partial charge in [0.25, 0.3) is 0 Å². The fourth-order valence-electron chi connectivity index (χ4n) is 1.88. The van der Waals surface area contributed by atoms with Crippen LogP contribution in [0.15, 0.2) is 35.5 Å². The molecule has 0 aromatic rings. The minimum Gasteiger partial charge on any atom is -0.454 e. The van der Waals surface area contributed by atoms with Crippen molar-refractivity contribution in [3.8, 4) is 0 Å². The molecule has 17 heavy (non-hydrogen) atoms. The average molecular weight is 234 g/mol. The number of ether oxygens (including phenoxy) is 1. The minimum absolute atomic E-state index is 0.0900. The zero-order valence-electron chi connectivity index (χ0n) is 11.2. The Bertz CT molecular complexity index is 374. The lowest BCUT2D eigenvalue weighted by Crippen LogP contribution is -2.26. The first kappa shape index (κ1) is 13.8. The average Bonchev–Trinajstić information content (AvgIpc) is 2.30. The predicted octanol–water partition coefficient (Wildman–Crippen LogP) is 3.80. The number of rotatable bonds is 3. The van der Waals surface area contributed by atoms with Crippen molar-refractivity contribution in [3.63, 3.8) is 0 Å². The van der Waals surface area contributed by atoms with Crippen LogP contribution in [-0.4, -0.2) is 12.1 Å². The third kappa shape index (κ3) is 3.58. The number of allylic oxidation sites excluding steroid dienone is 3. The molecule has 0 heterocycles. The summed E-state index contributed by atoms with van der Waals surface area (Å²) in [5.41, 5.74) is 2.98. The van der Waals surface area contributed by atoms with Gasteiger partial charge in [-0.2, -0.15) is 0 Å². The van der Waals surface area contributed by atoms with Crippen molar-refractivity contribution in [2.75, 3.05) is 0 Å². The molecule has 0 radical (unpaired) electrons. The summed E-state index contributed by atoms with van der Waals surface area (Å²) in [4.78, 5) is 11.7. The normalized spacial score (nSPS) is 25.2. The molecule has 1 aliphatic carbocycles. The maximum Gasteiger partial charge on any atom is 0.333 e. The zero-order valence-corrected chi connectivity index (χ0v) is 11.2. The molecule has 2 unspecified atom stereocenters. The lowest BCUT2D eigenvalue weighted by atomic mass is 9.84. The summed E-state index contributed by atoms with van der Waals surface area (Å²) in [6, 6.07) is 0. The van der Waals surface area contributed by atoms with Gasteiger partial charge in [0.2, 0.25) is 0 Å². The van der Waals surface area contributed by atoms with Crippen LogP contribution in [0.4, 0.5) is 0 Å². The van der Waals surface area contributed by atoms with Gasteiger partial charge in [-0.25, -0.2) is 4.79 Å². The third-order valence-electron chi connectivity index (χ3n) is 3.43. The first-order valence-electron chi connectivity index (χ1n) is 6.11. The second kappa shape index (κ2) is 5.85. The van der Waals surface area contributed by atoms with Gasteiger partial charge in [-0.15, -0.1) is 0 Å². The summed E-state index contributed by atoms with van der Waals surface area (Å²) in [5.74, 6) is 0.218. The molecule has 2 atom stereocenters. The molecule has 2 nitrogen and oxygen atoms in total. The van der Waals surface area contributed by atoms with Crippen LogP contribution in [0.25, 0.3) is 0 Å². The number of carbonyl (C=O) groups is 1. The van der Waals surface area contributed by atoms with Crippen LogP contribution in [-0.2, 0) is 9.53 Å². The van der Waals surface area contributed by atoms with Crippen LogP contribution >= 0.6 is 0 Å². The van der Waals surface area contributed by atoms with Crippen molar-refractivity contribution in [1.29, 1.82) is 0 Å². The monoisotopic (exact) mass is 234 g/mol. The zero-order chi connectivity index (χ0) is 13.0. The van der Waals surface area contributed by atoms with Gasteiger partial charge in [0, 0.05) is 5.57 Å². The highest BCUT2D eigenvalue weighted by Crippen LogP contribution is 2.30. The van der Waals surface area contributed by atoms with Crippen LogP contribution in [0, 0.1) is 5.92 Å². The van der Waals surface area contributed by atoms with Gasteiger partial charge < -0.3 is 4.74 Å². The Morgan fingerprint density at radius 2 is 2.18 bits per heavy atom. The van der Waals surface area contributed by atoms with E-state index in [0.717, 1.165) is 24.0 Å². The van der Waals surface area contributed by atoms with Crippen molar-refractivity contribution in [3.05, 3.63) is 35.5 Å². The topological polar surface area (TPSA) is 26.3 Å². The van der Waals surface area contributed by atoms with Crippen molar-refractivity contribution in [2.24, 2.45) is 5.92 Å². The van der Waals surface area contributed by atoms with Crippen molar-refractivity contribution >= 4 is 5.97 Å². The van der Waals surface area contributed by atoms with Crippen LogP contribution in [0.2, 0.25) is 0 Å². The molecule has 2 heteroatoms. The molecule has 0 spiro atoms. The smallest absolute Gasteiger partial charge is 0.333 e. The van der Waals surface area contributed by atoms with Crippen LogP contribution in [0.3, 0.4) is 0 Å². The first-order chi connectivity index (χ1) is 7.95. The third-order valence-corrected chi connectivity index (χ3v) is 3.43. The molecule has 0 amide bonds. The van der Waals surface area contributed by atoms with E-state index in [9.17, 15) is 4.79 Å². The van der Waals surface area contributed by atoms with E-state index >= 15 is 0 Å². The summed E-state index contributed by atoms with van der Waals surface area (Å²) in [7, 11) is 0. The van der Waals surface area contributed by atoms with E-state index < -0.39 is 0 Å². The molecular formula is C15H22O2. The fraction of sp³-hybridized carbons (Fsp3) is 0.533. The minimum atomic E-state index is -0.215. The summed E-state index contributed by atoms with van der Waals surface area (Å²) >= 11 is 0. The summed E-state index contributed by atoms with van der Waals surface area (Å²) in [6.07, 6.45) is 5.72. The Labute approximate surface area is 104 Å². The maximum atomic E-state index is 11.7. The predicted molar refractivity (Wildman–Crippen MR) is 70.6 cm³/mol. The molecular weight excluding hydrogens is 212 g/mol. The molecule has 0 N–H and O–H groups in total. The van der Waals surface area contributed by atoms with E-state index in [4.69, 9.17) is 4.74 Å². The molecule has 0 aromatic carbocycles. The van der Waals surface area contributed by atoms with E-state index in [1.807, 2.05) is 20.8 Å².